The van der Waals surface area contributed by atoms with Crippen molar-refractivity contribution in [3.8, 4) is 6.19 Å². The van der Waals surface area contributed by atoms with Gasteiger partial charge in [-0.3, -0.25) is 0 Å². The maximum Gasteiger partial charge on any atom is 0.176 e. The van der Waals surface area contributed by atoms with Gasteiger partial charge in [0.25, 0.3) is 0 Å². The average Bonchev–Trinajstić information content (AvgIpc) is 1.61. The number of hydrogen-bond acceptors (Lipinski definition) is 2. The third-order valence-corrected chi connectivity index (χ3v) is 0.493. The van der Waals surface area contributed by atoms with Crippen LogP contribution in [0, 0.1) is 11.5 Å². The van der Waals surface area contributed by atoms with Crippen LogP contribution in [0.25, 0.3) is 0 Å². The number of rotatable bonds is 2. The molecule has 0 radical (unpaired) electrons. The summed E-state index contributed by atoms with van der Waals surface area (Å²) >= 11 is 5.25. The zero-order valence-corrected chi connectivity index (χ0v) is 4.50. The van der Waals surface area contributed by atoms with E-state index in [1.54, 1.807) is 6.19 Å². The Kier molecular flexibility index (Phi) is 3.17. The fraction of sp³-hybridized carbons (Fsp3) is 0.250. The molecule has 0 amide bonds. The van der Waals surface area contributed by atoms with Gasteiger partial charge in [-0.2, -0.15) is 5.26 Å². The first-order valence-electron chi connectivity index (χ1n) is 1.72. The standard InChI is InChI=1S/C4H5ClN2/c1-4(5)2-7-3-6/h7H,1-2H2. The topological polar surface area (TPSA) is 35.8 Å². The maximum atomic E-state index is 7.85. The molecule has 0 aromatic carbocycles. The predicted octanol–water partition coefficient (Wildman–Crippen LogP) is 0.810. The van der Waals surface area contributed by atoms with Crippen molar-refractivity contribution in [1.29, 1.82) is 5.26 Å². The van der Waals surface area contributed by atoms with E-state index >= 15 is 0 Å². The van der Waals surface area contributed by atoms with Crippen LogP contribution >= 0.6 is 11.6 Å². The Morgan fingerprint density at radius 1 is 2.00 bits per heavy atom. The second-order valence-corrected chi connectivity index (χ2v) is 1.52. The summed E-state index contributed by atoms with van der Waals surface area (Å²) in [5, 5.41) is 10.6. The molecule has 2 nitrogen and oxygen atoms in total. The van der Waals surface area contributed by atoms with Crippen molar-refractivity contribution in [3.63, 3.8) is 0 Å². The highest BCUT2D eigenvalue weighted by atomic mass is 35.5. The second-order valence-electron chi connectivity index (χ2n) is 0.983. The molecule has 0 spiro atoms. The normalized spacial score (nSPS) is 6.86. The summed E-state index contributed by atoms with van der Waals surface area (Å²) in [5.41, 5.74) is 0. The van der Waals surface area contributed by atoms with Crippen LogP contribution in [0.5, 0.6) is 0 Å². The molecule has 38 valence electrons. The Labute approximate surface area is 47.4 Å². The Morgan fingerprint density at radius 3 is 2.71 bits per heavy atom. The van der Waals surface area contributed by atoms with Crippen molar-refractivity contribution in [3.05, 3.63) is 11.6 Å². The fourth-order valence-corrected chi connectivity index (χ4v) is 0.202. The van der Waals surface area contributed by atoms with Crippen LogP contribution in [0.1, 0.15) is 0 Å². The van der Waals surface area contributed by atoms with Crippen LogP contribution in [0.15, 0.2) is 11.6 Å². The van der Waals surface area contributed by atoms with E-state index in [9.17, 15) is 0 Å². The molecule has 0 aliphatic carbocycles. The fourth-order valence-electron chi connectivity index (χ4n) is 0.135. The van der Waals surface area contributed by atoms with Crippen molar-refractivity contribution in [2.75, 3.05) is 6.54 Å². The van der Waals surface area contributed by atoms with Gasteiger partial charge in [-0.05, 0) is 0 Å². The van der Waals surface area contributed by atoms with Gasteiger partial charge in [0.15, 0.2) is 6.19 Å². The molecule has 0 saturated heterocycles. The molecule has 3 heteroatoms. The van der Waals surface area contributed by atoms with Crippen molar-refractivity contribution >= 4 is 11.6 Å². The van der Waals surface area contributed by atoms with Crippen LogP contribution in [-0.2, 0) is 0 Å². The molecule has 0 aliphatic rings. The monoisotopic (exact) mass is 116 g/mol. The molecule has 0 saturated carbocycles. The van der Waals surface area contributed by atoms with E-state index in [4.69, 9.17) is 16.9 Å². The van der Waals surface area contributed by atoms with Gasteiger partial charge in [-0.1, -0.05) is 18.2 Å². The van der Waals surface area contributed by atoms with Gasteiger partial charge in [0.1, 0.15) is 0 Å². The number of nitrogens with zero attached hydrogens (tertiary/aromatic N) is 1. The molecule has 0 rings (SSSR count). The lowest BCUT2D eigenvalue weighted by Crippen LogP contribution is -2.05. The quantitative estimate of drug-likeness (QED) is 0.428. The smallest absolute Gasteiger partial charge is 0.176 e. The molecular weight excluding hydrogens is 112 g/mol. The average molecular weight is 117 g/mol. The number of nitriles is 1. The van der Waals surface area contributed by atoms with Crippen molar-refractivity contribution in [2.45, 2.75) is 0 Å². The first kappa shape index (κ1) is 6.32. The minimum atomic E-state index is 0.359. The molecule has 0 aromatic rings. The Hall–Kier alpha value is -0.680. The minimum absolute atomic E-state index is 0.359. The molecule has 0 aromatic heterocycles. The van der Waals surface area contributed by atoms with Crippen LogP contribution in [0.4, 0.5) is 0 Å². The van der Waals surface area contributed by atoms with E-state index in [2.05, 4.69) is 11.9 Å². The number of halogens is 1. The lowest BCUT2D eigenvalue weighted by molar-refractivity contribution is 0.990. The molecule has 7 heavy (non-hydrogen) atoms. The molecule has 0 heterocycles. The highest BCUT2D eigenvalue weighted by Gasteiger charge is 1.80. The number of nitrogens with one attached hydrogen (secondary N) is 1. The highest BCUT2D eigenvalue weighted by molar-refractivity contribution is 6.29. The second kappa shape index (κ2) is 3.51. The molecule has 1 N–H and O–H groups in total. The summed E-state index contributed by atoms with van der Waals surface area (Å²) in [6.45, 7) is 3.70. The van der Waals surface area contributed by atoms with Crippen LogP contribution in [-0.4, -0.2) is 6.54 Å². The Balaban J connectivity index is 3.02. The van der Waals surface area contributed by atoms with Gasteiger partial charge in [0, 0.05) is 5.03 Å². The van der Waals surface area contributed by atoms with Gasteiger partial charge in [0.2, 0.25) is 0 Å². The van der Waals surface area contributed by atoms with E-state index in [0.29, 0.717) is 11.6 Å². The lowest BCUT2D eigenvalue weighted by Gasteiger charge is -1.87. The first-order chi connectivity index (χ1) is 3.27. The minimum Gasteiger partial charge on any atom is -0.319 e. The molecule has 0 aliphatic heterocycles. The molecule has 0 atom stereocenters. The molecule has 0 bridgehead atoms. The summed E-state index contributed by atoms with van der Waals surface area (Å²) in [6.07, 6.45) is 1.70. The van der Waals surface area contributed by atoms with E-state index in [0.717, 1.165) is 0 Å². The summed E-state index contributed by atoms with van der Waals surface area (Å²) in [6, 6.07) is 0. The highest BCUT2D eigenvalue weighted by Crippen LogP contribution is 1.90. The summed E-state index contributed by atoms with van der Waals surface area (Å²) in [4.78, 5) is 0. The van der Waals surface area contributed by atoms with Gasteiger partial charge in [-0.15, -0.1) is 0 Å². The Morgan fingerprint density at radius 2 is 2.57 bits per heavy atom. The molecular formula is C4H5ClN2. The van der Waals surface area contributed by atoms with E-state index in [-0.39, 0.29) is 0 Å². The lowest BCUT2D eigenvalue weighted by atomic mass is 10.6. The maximum absolute atomic E-state index is 7.85. The SMILES string of the molecule is C=C(Cl)CNC#N. The van der Waals surface area contributed by atoms with Crippen molar-refractivity contribution in [2.24, 2.45) is 0 Å². The molecule has 0 unspecified atom stereocenters. The zero-order chi connectivity index (χ0) is 5.70. The van der Waals surface area contributed by atoms with E-state index < -0.39 is 0 Å². The van der Waals surface area contributed by atoms with Gasteiger partial charge < -0.3 is 5.32 Å². The first-order valence-corrected chi connectivity index (χ1v) is 2.10. The van der Waals surface area contributed by atoms with Gasteiger partial charge in [-0.25, -0.2) is 0 Å². The summed E-state index contributed by atoms with van der Waals surface area (Å²) in [5.74, 6) is 0. The zero-order valence-electron chi connectivity index (χ0n) is 3.74. The van der Waals surface area contributed by atoms with E-state index in [1.807, 2.05) is 0 Å². The van der Waals surface area contributed by atoms with Gasteiger partial charge >= 0.3 is 0 Å². The Bertz CT molecular complexity index is 103. The van der Waals surface area contributed by atoms with Crippen LogP contribution < -0.4 is 5.32 Å². The third-order valence-electron chi connectivity index (χ3n) is 0.359. The third kappa shape index (κ3) is 5.32. The number of hydrogen-bond donors (Lipinski definition) is 1. The van der Waals surface area contributed by atoms with E-state index in [1.165, 1.54) is 0 Å². The van der Waals surface area contributed by atoms with Crippen LogP contribution in [0.2, 0.25) is 0 Å². The predicted molar refractivity (Wildman–Crippen MR) is 28.6 cm³/mol. The largest absolute Gasteiger partial charge is 0.319 e. The van der Waals surface area contributed by atoms with Gasteiger partial charge in [0.05, 0.1) is 6.54 Å². The summed E-state index contributed by atoms with van der Waals surface area (Å²) < 4.78 is 0. The van der Waals surface area contributed by atoms with Crippen molar-refractivity contribution in [1.82, 2.24) is 5.32 Å². The molecule has 0 fully saturated rings. The van der Waals surface area contributed by atoms with Crippen LogP contribution in [0.3, 0.4) is 0 Å². The summed E-state index contributed by atoms with van der Waals surface area (Å²) in [7, 11) is 0. The van der Waals surface area contributed by atoms with Crippen molar-refractivity contribution < 1.29 is 0 Å².